The fraction of sp³-hybridized carbons (Fsp3) is 0.800. The normalized spacial score (nSPS) is 14.1. The van der Waals surface area contributed by atoms with Crippen LogP contribution in [0.1, 0.15) is 34.6 Å². The summed E-state index contributed by atoms with van der Waals surface area (Å²) in [5.74, 6) is -1.40. The number of alkyl carbamates (subject to hydrolysis) is 1. The highest BCUT2D eigenvalue weighted by molar-refractivity contribution is 5.76. The van der Waals surface area contributed by atoms with Gasteiger partial charge in [-0.2, -0.15) is 0 Å². The third-order valence-corrected chi connectivity index (χ3v) is 1.74. The predicted octanol–water partition coefficient (Wildman–Crippen LogP) is 0.735. The number of hydrogen-bond acceptors (Lipinski definition) is 4. The zero-order chi connectivity index (χ0) is 13.1. The molecule has 1 amide bonds. The number of aliphatic hydroxyl groups excluding tert-OH is 1. The number of aliphatic carboxylic acids is 1. The monoisotopic (exact) mass is 233 g/mol. The molecule has 1 unspecified atom stereocenters. The molecule has 94 valence electrons. The van der Waals surface area contributed by atoms with E-state index in [0.29, 0.717) is 0 Å². The van der Waals surface area contributed by atoms with Crippen LogP contribution in [-0.4, -0.2) is 39.5 Å². The molecule has 16 heavy (non-hydrogen) atoms. The number of carboxylic acids is 1. The van der Waals surface area contributed by atoms with E-state index in [0.717, 1.165) is 0 Å². The molecule has 0 aliphatic heterocycles. The van der Waals surface area contributed by atoms with Crippen molar-refractivity contribution in [3.05, 3.63) is 0 Å². The Morgan fingerprint density at radius 3 is 1.94 bits per heavy atom. The Bertz CT molecular complexity index is 279. The molecule has 6 heteroatoms. The van der Waals surface area contributed by atoms with E-state index in [2.05, 4.69) is 5.32 Å². The topological polar surface area (TPSA) is 95.9 Å². The average molecular weight is 233 g/mol. The third kappa shape index (κ3) is 4.97. The molecule has 0 fully saturated rings. The Morgan fingerprint density at radius 2 is 1.62 bits per heavy atom. The first kappa shape index (κ1) is 14.7. The number of rotatable bonds is 3. The summed E-state index contributed by atoms with van der Waals surface area (Å²) >= 11 is 0. The molecule has 0 aliphatic rings. The molecule has 1 atom stereocenters. The molecule has 6 nitrogen and oxygen atoms in total. The van der Waals surface area contributed by atoms with Crippen molar-refractivity contribution in [1.82, 2.24) is 5.32 Å². The predicted molar refractivity (Wildman–Crippen MR) is 57.1 cm³/mol. The van der Waals surface area contributed by atoms with E-state index < -0.39 is 29.3 Å². The maximum Gasteiger partial charge on any atom is 0.408 e. The molecular weight excluding hydrogens is 214 g/mol. The minimum Gasteiger partial charge on any atom is -0.479 e. The largest absolute Gasteiger partial charge is 0.479 e. The quantitative estimate of drug-likeness (QED) is 0.668. The summed E-state index contributed by atoms with van der Waals surface area (Å²) in [6, 6.07) is 0. The summed E-state index contributed by atoms with van der Waals surface area (Å²) in [4.78, 5) is 21.9. The van der Waals surface area contributed by atoms with Gasteiger partial charge >= 0.3 is 12.1 Å². The van der Waals surface area contributed by atoms with Gasteiger partial charge in [-0.25, -0.2) is 9.59 Å². The molecule has 0 heterocycles. The van der Waals surface area contributed by atoms with Crippen LogP contribution in [0.25, 0.3) is 0 Å². The smallest absolute Gasteiger partial charge is 0.408 e. The first-order valence-corrected chi connectivity index (χ1v) is 4.88. The second kappa shape index (κ2) is 4.69. The number of hydrogen-bond donors (Lipinski definition) is 3. The Morgan fingerprint density at radius 1 is 1.19 bits per heavy atom. The first-order chi connectivity index (χ1) is 6.96. The van der Waals surface area contributed by atoms with Gasteiger partial charge in [-0.05, 0) is 34.6 Å². The minimum absolute atomic E-state index is 0.672. The number of ether oxygens (including phenoxy) is 1. The van der Waals surface area contributed by atoms with E-state index in [1.54, 1.807) is 20.8 Å². The molecule has 0 aromatic heterocycles. The molecule has 0 saturated heterocycles. The molecule has 0 aliphatic carbocycles. The summed E-state index contributed by atoms with van der Waals surface area (Å²) in [6.45, 7) is 7.86. The minimum atomic E-state index is -1.69. The van der Waals surface area contributed by atoms with E-state index in [1.807, 2.05) is 0 Å². The Hall–Kier alpha value is -1.30. The van der Waals surface area contributed by atoms with Crippen molar-refractivity contribution < 1.29 is 24.5 Å². The van der Waals surface area contributed by atoms with Gasteiger partial charge in [0.05, 0.1) is 5.54 Å². The summed E-state index contributed by atoms with van der Waals surface area (Å²) in [5, 5.41) is 20.3. The maximum atomic E-state index is 11.4. The fourth-order valence-corrected chi connectivity index (χ4v) is 0.944. The first-order valence-electron chi connectivity index (χ1n) is 4.88. The van der Waals surface area contributed by atoms with Crippen molar-refractivity contribution >= 4 is 12.1 Å². The van der Waals surface area contributed by atoms with Gasteiger partial charge in [-0.3, -0.25) is 0 Å². The van der Waals surface area contributed by atoms with E-state index in [9.17, 15) is 14.7 Å². The van der Waals surface area contributed by atoms with Crippen LogP contribution in [0.3, 0.4) is 0 Å². The van der Waals surface area contributed by atoms with Gasteiger partial charge in [0.15, 0.2) is 6.10 Å². The Kier molecular flexibility index (Phi) is 4.31. The molecule has 0 aromatic carbocycles. The molecule has 0 saturated carbocycles. The van der Waals surface area contributed by atoms with Crippen molar-refractivity contribution in [2.45, 2.75) is 51.9 Å². The van der Waals surface area contributed by atoms with Crippen molar-refractivity contribution in [3.63, 3.8) is 0 Å². The summed E-state index contributed by atoms with van der Waals surface area (Å²) in [6.07, 6.45) is -2.46. The zero-order valence-corrected chi connectivity index (χ0v) is 10.2. The molecule has 3 N–H and O–H groups in total. The maximum absolute atomic E-state index is 11.4. The zero-order valence-electron chi connectivity index (χ0n) is 10.2. The highest BCUT2D eigenvalue weighted by Crippen LogP contribution is 2.12. The van der Waals surface area contributed by atoms with Crippen LogP contribution in [-0.2, 0) is 9.53 Å². The van der Waals surface area contributed by atoms with Gasteiger partial charge < -0.3 is 20.3 Å². The van der Waals surface area contributed by atoms with Gasteiger partial charge in [-0.15, -0.1) is 0 Å². The highest BCUT2D eigenvalue weighted by atomic mass is 16.6. The van der Waals surface area contributed by atoms with Gasteiger partial charge in [0.1, 0.15) is 5.60 Å². The highest BCUT2D eigenvalue weighted by Gasteiger charge is 2.36. The number of carboxylic acid groups (broad SMARTS) is 1. The second-order valence-electron chi connectivity index (χ2n) is 5.09. The fourth-order valence-electron chi connectivity index (χ4n) is 0.944. The van der Waals surface area contributed by atoms with E-state index >= 15 is 0 Å². The van der Waals surface area contributed by atoms with Crippen LogP contribution >= 0.6 is 0 Å². The number of aliphatic hydroxyl groups is 1. The Balaban J connectivity index is 4.48. The van der Waals surface area contributed by atoms with E-state index in [4.69, 9.17) is 9.84 Å². The summed E-state index contributed by atoms with van der Waals surface area (Å²) < 4.78 is 4.95. The summed E-state index contributed by atoms with van der Waals surface area (Å²) in [7, 11) is 0. The van der Waals surface area contributed by atoms with Crippen molar-refractivity contribution in [1.29, 1.82) is 0 Å². The Labute approximate surface area is 94.6 Å². The molecule has 0 aromatic rings. The van der Waals surface area contributed by atoms with Gasteiger partial charge in [0.25, 0.3) is 0 Å². The summed E-state index contributed by atoms with van der Waals surface area (Å²) in [5.41, 5.74) is -1.97. The molecule has 0 radical (unpaired) electrons. The number of nitrogens with one attached hydrogen (secondary N) is 1. The van der Waals surface area contributed by atoms with Crippen LogP contribution < -0.4 is 5.32 Å². The van der Waals surface area contributed by atoms with Crippen LogP contribution in [0.15, 0.2) is 0 Å². The van der Waals surface area contributed by atoms with E-state index in [-0.39, 0.29) is 0 Å². The average Bonchev–Trinajstić information content (AvgIpc) is 1.97. The molecule has 0 rings (SSSR count). The van der Waals surface area contributed by atoms with Crippen LogP contribution in [0.5, 0.6) is 0 Å². The van der Waals surface area contributed by atoms with Crippen molar-refractivity contribution in [2.24, 2.45) is 0 Å². The van der Waals surface area contributed by atoms with Crippen molar-refractivity contribution in [2.75, 3.05) is 0 Å². The van der Waals surface area contributed by atoms with Gasteiger partial charge in [0.2, 0.25) is 0 Å². The SMILES string of the molecule is CC(C)(C)OC(=O)NC(C)(C)C(O)C(=O)O. The lowest BCUT2D eigenvalue weighted by Crippen LogP contribution is -2.56. The number of amides is 1. The van der Waals surface area contributed by atoms with E-state index in [1.165, 1.54) is 13.8 Å². The van der Waals surface area contributed by atoms with Crippen LogP contribution in [0, 0.1) is 0 Å². The number of carbonyl (C=O) groups is 2. The van der Waals surface area contributed by atoms with Crippen LogP contribution in [0.4, 0.5) is 4.79 Å². The molecular formula is C10H19NO5. The van der Waals surface area contributed by atoms with Gasteiger partial charge in [-0.1, -0.05) is 0 Å². The van der Waals surface area contributed by atoms with Crippen LogP contribution in [0.2, 0.25) is 0 Å². The van der Waals surface area contributed by atoms with Gasteiger partial charge in [0, 0.05) is 0 Å². The number of carbonyl (C=O) groups excluding carboxylic acids is 1. The lowest BCUT2D eigenvalue weighted by atomic mass is 9.98. The molecule has 0 spiro atoms. The second-order valence-corrected chi connectivity index (χ2v) is 5.09. The molecule has 0 bridgehead atoms. The third-order valence-electron chi connectivity index (χ3n) is 1.74. The standard InChI is InChI=1S/C10H19NO5/c1-9(2,3)16-8(15)11-10(4,5)6(12)7(13)14/h6,12H,1-5H3,(H,11,15)(H,13,14). The lowest BCUT2D eigenvalue weighted by Gasteiger charge is -2.30. The van der Waals surface area contributed by atoms with Crippen molar-refractivity contribution in [3.8, 4) is 0 Å². The lowest BCUT2D eigenvalue weighted by molar-refractivity contribution is -0.150.